The van der Waals surface area contributed by atoms with Crippen molar-refractivity contribution in [3.63, 3.8) is 0 Å². The highest BCUT2D eigenvalue weighted by molar-refractivity contribution is 7.09. The Labute approximate surface area is 133 Å². The molecule has 2 aromatic rings. The number of anilines is 1. The molecule has 4 nitrogen and oxygen atoms in total. The molecular weight excluding hydrogens is 301 g/mol. The standard InChI is InChI=1S/C16H18FN3OS/c1-12-18-13(11-22-12)10-16(21)20-8-6-19(7-9-20)15-5-3-2-4-14(15)17/h2-5,11H,6-10H2,1H3. The second-order valence-corrected chi connectivity index (χ2v) is 6.42. The monoisotopic (exact) mass is 319 g/mol. The van der Waals surface area contributed by atoms with Crippen LogP contribution in [0.3, 0.4) is 0 Å². The second kappa shape index (κ2) is 6.44. The molecule has 1 aromatic carbocycles. The number of carbonyl (C=O) groups is 1. The van der Waals surface area contributed by atoms with Gasteiger partial charge >= 0.3 is 0 Å². The Hall–Kier alpha value is -1.95. The van der Waals surface area contributed by atoms with Gasteiger partial charge in [0.05, 0.1) is 22.8 Å². The summed E-state index contributed by atoms with van der Waals surface area (Å²) in [5.41, 5.74) is 1.45. The topological polar surface area (TPSA) is 36.4 Å². The Bertz CT molecular complexity index is 665. The minimum atomic E-state index is -0.208. The molecule has 0 spiro atoms. The van der Waals surface area contributed by atoms with E-state index in [1.54, 1.807) is 23.5 Å². The summed E-state index contributed by atoms with van der Waals surface area (Å²) in [5.74, 6) is -0.112. The van der Waals surface area contributed by atoms with Gasteiger partial charge in [0.1, 0.15) is 5.82 Å². The zero-order chi connectivity index (χ0) is 15.5. The van der Waals surface area contributed by atoms with Crippen molar-refractivity contribution < 1.29 is 9.18 Å². The average molecular weight is 319 g/mol. The number of aryl methyl sites for hydroxylation is 1. The van der Waals surface area contributed by atoms with Crippen molar-refractivity contribution in [2.24, 2.45) is 0 Å². The molecule has 116 valence electrons. The molecule has 0 saturated carbocycles. The highest BCUT2D eigenvalue weighted by Gasteiger charge is 2.23. The minimum absolute atomic E-state index is 0.0958. The fourth-order valence-corrected chi connectivity index (χ4v) is 3.27. The minimum Gasteiger partial charge on any atom is -0.366 e. The maximum absolute atomic E-state index is 13.8. The average Bonchev–Trinajstić information content (AvgIpc) is 2.93. The number of thiazole rings is 1. The summed E-state index contributed by atoms with van der Waals surface area (Å²) in [6.45, 7) is 4.49. The number of carbonyl (C=O) groups excluding carboxylic acids is 1. The van der Waals surface area contributed by atoms with E-state index >= 15 is 0 Å². The number of amides is 1. The maximum atomic E-state index is 13.8. The molecule has 1 aliphatic rings. The Balaban J connectivity index is 1.57. The number of rotatable bonds is 3. The first kappa shape index (κ1) is 15.0. The van der Waals surface area contributed by atoms with Crippen molar-refractivity contribution in [1.29, 1.82) is 0 Å². The maximum Gasteiger partial charge on any atom is 0.228 e. The van der Waals surface area contributed by atoms with E-state index in [0.29, 0.717) is 38.3 Å². The first-order chi connectivity index (χ1) is 10.6. The van der Waals surface area contributed by atoms with Crippen LogP contribution in [0.1, 0.15) is 10.7 Å². The molecule has 1 aliphatic heterocycles. The van der Waals surface area contributed by atoms with E-state index in [2.05, 4.69) is 4.98 Å². The third-order valence-corrected chi connectivity index (χ3v) is 4.65. The quantitative estimate of drug-likeness (QED) is 0.872. The lowest BCUT2D eigenvalue weighted by Gasteiger charge is -2.36. The van der Waals surface area contributed by atoms with Crippen LogP contribution in [0, 0.1) is 12.7 Å². The van der Waals surface area contributed by atoms with E-state index in [-0.39, 0.29) is 11.7 Å². The molecule has 0 bridgehead atoms. The molecule has 2 heterocycles. The van der Waals surface area contributed by atoms with Gasteiger partial charge in [-0.2, -0.15) is 0 Å². The summed E-state index contributed by atoms with van der Waals surface area (Å²) < 4.78 is 13.8. The van der Waals surface area contributed by atoms with Crippen molar-refractivity contribution in [2.45, 2.75) is 13.3 Å². The summed E-state index contributed by atoms with van der Waals surface area (Å²) in [4.78, 5) is 20.4. The predicted octanol–water partition coefficient (Wildman–Crippen LogP) is 2.48. The summed E-state index contributed by atoms with van der Waals surface area (Å²) in [5, 5.41) is 2.91. The van der Waals surface area contributed by atoms with Crippen LogP contribution in [0.25, 0.3) is 0 Å². The largest absolute Gasteiger partial charge is 0.366 e. The Morgan fingerprint density at radius 1 is 1.27 bits per heavy atom. The van der Waals surface area contributed by atoms with Crippen molar-refractivity contribution >= 4 is 22.9 Å². The molecule has 1 fully saturated rings. The highest BCUT2D eigenvalue weighted by Crippen LogP contribution is 2.20. The number of aromatic nitrogens is 1. The van der Waals surface area contributed by atoms with Gasteiger partial charge in [0.25, 0.3) is 0 Å². The van der Waals surface area contributed by atoms with Crippen molar-refractivity contribution in [1.82, 2.24) is 9.88 Å². The van der Waals surface area contributed by atoms with Crippen LogP contribution in [0.4, 0.5) is 10.1 Å². The highest BCUT2D eigenvalue weighted by atomic mass is 32.1. The molecule has 0 unspecified atom stereocenters. The van der Waals surface area contributed by atoms with Gasteiger partial charge in [-0.15, -0.1) is 11.3 Å². The summed E-state index contributed by atoms with van der Waals surface area (Å²) in [7, 11) is 0. The van der Waals surface area contributed by atoms with Gasteiger partial charge in [0.2, 0.25) is 5.91 Å². The first-order valence-corrected chi connectivity index (χ1v) is 8.20. The fourth-order valence-electron chi connectivity index (χ4n) is 2.66. The second-order valence-electron chi connectivity index (χ2n) is 5.35. The molecule has 0 radical (unpaired) electrons. The van der Waals surface area contributed by atoms with Crippen LogP contribution in [0.2, 0.25) is 0 Å². The first-order valence-electron chi connectivity index (χ1n) is 7.32. The van der Waals surface area contributed by atoms with Crippen LogP contribution in [0.15, 0.2) is 29.6 Å². The lowest BCUT2D eigenvalue weighted by atomic mass is 10.2. The predicted molar refractivity (Wildman–Crippen MR) is 85.7 cm³/mol. The fraction of sp³-hybridized carbons (Fsp3) is 0.375. The van der Waals surface area contributed by atoms with Crippen LogP contribution in [-0.2, 0) is 11.2 Å². The van der Waals surface area contributed by atoms with Gasteiger partial charge in [-0.3, -0.25) is 4.79 Å². The van der Waals surface area contributed by atoms with Crippen molar-refractivity contribution in [3.8, 4) is 0 Å². The number of hydrogen-bond donors (Lipinski definition) is 0. The Kier molecular flexibility index (Phi) is 4.38. The number of nitrogens with zero attached hydrogens (tertiary/aromatic N) is 3. The SMILES string of the molecule is Cc1nc(CC(=O)N2CCN(c3ccccc3F)CC2)cs1. The third-order valence-electron chi connectivity index (χ3n) is 3.82. The summed E-state index contributed by atoms with van der Waals surface area (Å²) >= 11 is 1.56. The third kappa shape index (κ3) is 3.27. The summed E-state index contributed by atoms with van der Waals surface area (Å²) in [6.07, 6.45) is 0.351. The van der Waals surface area contributed by atoms with E-state index in [1.165, 1.54) is 6.07 Å². The molecule has 1 aromatic heterocycles. The van der Waals surface area contributed by atoms with Gasteiger partial charge in [-0.05, 0) is 19.1 Å². The lowest BCUT2D eigenvalue weighted by molar-refractivity contribution is -0.130. The van der Waals surface area contributed by atoms with Crippen LogP contribution in [0.5, 0.6) is 0 Å². The summed E-state index contributed by atoms with van der Waals surface area (Å²) in [6, 6.07) is 6.78. The van der Waals surface area contributed by atoms with E-state index in [1.807, 2.05) is 28.2 Å². The molecule has 3 rings (SSSR count). The molecule has 6 heteroatoms. The zero-order valence-corrected chi connectivity index (χ0v) is 13.3. The van der Waals surface area contributed by atoms with E-state index in [4.69, 9.17) is 0 Å². The van der Waals surface area contributed by atoms with Gasteiger partial charge in [0.15, 0.2) is 0 Å². The number of para-hydroxylation sites is 1. The molecule has 0 N–H and O–H groups in total. The van der Waals surface area contributed by atoms with Crippen LogP contribution in [-0.4, -0.2) is 42.0 Å². The smallest absolute Gasteiger partial charge is 0.228 e. The van der Waals surface area contributed by atoms with Gasteiger partial charge < -0.3 is 9.80 Å². The van der Waals surface area contributed by atoms with E-state index in [0.717, 1.165) is 10.7 Å². The zero-order valence-electron chi connectivity index (χ0n) is 12.5. The normalized spacial score (nSPS) is 15.2. The lowest BCUT2D eigenvalue weighted by Crippen LogP contribution is -2.49. The van der Waals surface area contributed by atoms with Gasteiger partial charge in [0, 0.05) is 31.6 Å². The number of piperazine rings is 1. The number of benzene rings is 1. The van der Waals surface area contributed by atoms with Crippen molar-refractivity contribution in [2.75, 3.05) is 31.1 Å². The molecule has 0 atom stereocenters. The molecular formula is C16H18FN3OS. The van der Waals surface area contributed by atoms with Gasteiger partial charge in [-0.1, -0.05) is 12.1 Å². The van der Waals surface area contributed by atoms with E-state index < -0.39 is 0 Å². The van der Waals surface area contributed by atoms with Crippen LogP contribution >= 0.6 is 11.3 Å². The number of hydrogen-bond acceptors (Lipinski definition) is 4. The Morgan fingerprint density at radius 2 is 2.00 bits per heavy atom. The van der Waals surface area contributed by atoms with E-state index in [9.17, 15) is 9.18 Å². The molecule has 0 aliphatic carbocycles. The van der Waals surface area contributed by atoms with Crippen LogP contribution < -0.4 is 4.90 Å². The van der Waals surface area contributed by atoms with Gasteiger partial charge in [-0.25, -0.2) is 9.37 Å². The molecule has 22 heavy (non-hydrogen) atoms. The molecule has 1 amide bonds. The molecule has 1 saturated heterocycles. The Morgan fingerprint density at radius 3 is 2.64 bits per heavy atom. The van der Waals surface area contributed by atoms with Crippen molar-refractivity contribution in [3.05, 3.63) is 46.2 Å². The number of halogens is 1.